The van der Waals surface area contributed by atoms with Crippen LogP contribution in [0.3, 0.4) is 0 Å². The molecule has 1 unspecified atom stereocenters. The number of nitrogens with one attached hydrogen (secondary N) is 1. The number of nitrogens with zero attached hydrogens (tertiary/aromatic N) is 1. The number of rotatable bonds is 2. The van der Waals surface area contributed by atoms with Crippen molar-refractivity contribution in [1.29, 1.82) is 0 Å². The van der Waals surface area contributed by atoms with Crippen molar-refractivity contribution in [2.75, 3.05) is 13.1 Å². The summed E-state index contributed by atoms with van der Waals surface area (Å²) in [6.07, 6.45) is 3.35. The van der Waals surface area contributed by atoms with Gasteiger partial charge in [0.25, 0.3) is 0 Å². The number of hydrogen-bond acceptors (Lipinski definition) is 2. The van der Waals surface area contributed by atoms with Crippen molar-refractivity contribution in [2.45, 2.75) is 44.6 Å². The fourth-order valence-electron chi connectivity index (χ4n) is 3.50. The summed E-state index contributed by atoms with van der Waals surface area (Å²) in [6, 6.07) is 8.48. The Balaban J connectivity index is 1.86. The van der Waals surface area contributed by atoms with Crippen LogP contribution in [0.2, 0.25) is 0 Å². The minimum absolute atomic E-state index is 0.0163. The summed E-state index contributed by atoms with van der Waals surface area (Å²) in [5, 5.41) is 2.68. The van der Waals surface area contributed by atoms with Crippen LogP contribution in [-0.2, 0) is 16.0 Å². The summed E-state index contributed by atoms with van der Waals surface area (Å²) in [5.74, 6) is 0.290. The third-order valence-corrected chi connectivity index (χ3v) is 4.83. The van der Waals surface area contributed by atoms with Crippen LogP contribution in [0.15, 0.2) is 24.3 Å². The maximum Gasteiger partial charge on any atom is 0.245 e. The van der Waals surface area contributed by atoms with Crippen LogP contribution in [0, 0.1) is 0 Å². The Bertz CT molecular complexity index is 580. The number of aryl methyl sites for hydroxylation is 1. The third kappa shape index (κ3) is 2.43. The maximum absolute atomic E-state index is 12.3. The van der Waals surface area contributed by atoms with E-state index in [9.17, 15) is 9.59 Å². The first-order chi connectivity index (χ1) is 10.00. The summed E-state index contributed by atoms with van der Waals surface area (Å²) < 4.78 is 0. The first-order valence-electron chi connectivity index (χ1n) is 7.66. The largest absolute Gasteiger partial charge is 0.345 e. The van der Waals surface area contributed by atoms with Crippen molar-refractivity contribution in [2.24, 2.45) is 0 Å². The Morgan fingerprint density at radius 2 is 2.05 bits per heavy atom. The highest BCUT2D eigenvalue weighted by atomic mass is 16.2. The lowest BCUT2D eigenvalue weighted by molar-refractivity contribution is -0.151. The van der Waals surface area contributed by atoms with Gasteiger partial charge in [0, 0.05) is 12.5 Å². The number of fused-ring (bicyclic) bond motifs is 1. The summed E-state index contributed by atoms with van der Waals surface area (Å²) >= 11 is 0. The molecule has 1 atom stereocenters. The van der Waals surface area contributed by atoms with Gasteiger partial charge in [-0.25, -0.2) is 0 Å². The molecule has 4 nitrogen and oxygen atoms in total. The van der Waals surface area contributed by atoms with Crippen LogP contribution in [-0.4, -0.2) is 35.3 Å². The molecule has 1 fully saturated rings. The molecule has 2 aliphatic rings. The quantitative estimate of drug-likeness (QED) is 0.902. The Hall–Kier alpha value is -1.84. The molecule has 1 aliphatic carbocycles. The average molecular weight is 286 g/mol. The highest BCUT2D eigenvalue weighted by Crippen LogP contribution is 2.34. The van der Waals surface area contributed by atoms with Gasteiger partial charge in [-0.1, -0.05) is 24.3 Å². The molecule has 1 heterocycles. The second-order valence-corrected chi connectivity index (χ2v) is 6.53. The van der Waals surface area contributed by atoms with Gasteiger partial charge in [-0.3, -0.25) is 9.59 Å². The highest BCUT2D eigenvalue weighted by molar-refractivity contribution is 5.97. The van der Waals surface area contributed by atoms with E-state index in [4.69, 9.17) is 0 Å². The van der Waals surface area contributed by atoms with E-state index in [1.54, 1.807) is 4.90 Å². The minimum atomic E-state index is -0.762. The molecule has 0 bridgehead atoms. The Morgan fingerprint density at radius 1 is 1.29 bits per heavy atom. The van der Waals surface area contributed by atoms with Gasteiger partial charge in [0.1, 0.15) is 5.54 Å². The van der Waals surface area contributed by atoms with E-state index in [0.29, 0.717) is 12.5 Å². The van der Waals surface area contributed by atoms with Crippen molar-refractivity contribution in [1.82, 2.24) is 10.2 Å². The zero-order valence-electron chi connectivity index (χ0n) is 12.7. The van der Waals surface area contributed by atoms with Gasteiger partial charge < -0.3 is 10.2 Å². The van der Waals surface area contributed by atoms with E-state index < -0.39 is 5.54 Å². The molecule has 4 heteroatoms. The van der Waals surface area contributed by atoms with Crippen molar-refractivity contribution >= 4 is 11.8 Å². The summed E-state index contributed by atoms with van der Waals surface area (Å²) in [4.78, 5) is 26.1. The fourth-order valence-corrected chi connectivity index (χ4v) is 3.50. The monoisotopic (exact) mass is 286 g/mol. The van der Waals surface area contributed by atoms with Crippen LogP contribution in [0.25, 0.3) is 0 Å². The molecular formula is C17H22N2O2. The van der Waals surface area contributed by atoms with Gasteiger partial charge in [0.2, 0.25) is 11.8 Å². The first-order valence-corrected chi connectivity index (χ1v) is 7.66. The molecule has 2 amide bonds. The summed E-state index contributed by atoms with van der Waals surface area (Å²) in [5.41, 5.74) is 1.97. The van der Waals surface area contributed by atoms with Crippen molar-refractivity contribution in [3.63, 3.8) is 0 Å². The predicted octanol–water partition coefficient (Wildman–Crippen LogP) is 1.84. The van der Waals surface area contributed by atoms with Crippen molar-refractivity contribution in [3.8, 4) is 0 Å². The topological polar surface area (TPSA) is 49.4 Å². The standard InChI is InChI=1S/C17H22N2O2/c1-17(2)16(21)18-10-15(20)19(17)11-13-8-5-7-12-6-3-4-9-14(12)13/h3-4,6,9,13H,5,7-8,10-11H2,1-2H3,(H,18,21). The third-order valence-electron chi connectivity index (χ3n) is 4.83. The van der Waals surface area contributed by atoms with Gasteiger partial charge in [0.05, 0.1) is 6.54 Å². The van der Waals surface area contributed by atoms with Crippen LogP contribution < -0.4 is 5.32 Å². The lowest BCUT2D eigenvalue weighted by atomic mass is 9.81. The number of hydrogen-bond donors (Lipinski definition) is 1. The van der Waals surface area contributed by atoms with E-state index >= 15 is 0 Å². The lowest BCUT2D eigenvalue weighted by Gasteiger charge is -2.43. The molecular weight excluding hydrogens is 264 g/mol. The number of benzene rings is 1. The first kappa shape index (κ1) is 14.1. The van der Waals surface area contributed by atoms with E-state index in [-0.39, 0.29) is 18.4 Å². The molecule has 1 saturated heterocycles. The van der Waals surface area contributed by atoms with Gasteiger partial charge in [-0.15, -0.1) is 0 Å². The van der Waals surface area contributed by atoms with Crippen molar-refractivity contribution < 1.29 is 9.59 Å². The molecule has 0 aromatic heterocycles. The van der Waals surface area contributed by atoms with Gasteiger partial charge >= 0.3 is 0 Å². The van der Waals surface area contributed by atoms with Crippen LogP contribution in [0.1, 0.15) is 43.7 Å². The molecule has 3 rings (SSSR count). The van der Waals surface area contributed by atoms with Gasteiger partial charge in [0.15, 0.2) is 0 Å². The predicted molar refractivity (Wildman–Crippen MR) is 80.9 cm³/mol. The Kier molecular flexibility index (Phi) is 3.47. The summed E-state index contributed by atoms with van der Waals surface area (Å²) in [6.45, 7) is 4.41. The zero-order valence-corrected chi connectivity index (χ0v) is 12.7. The second-order valence-electron chi connectivity index (χ2n) is 6.53. The fraction of sp³-hybridized carbons (Fsp3) is 0.529. The van der Waals surface area contributed by atoms with Crippen LogP contribution in [0.5, 0.6) is 0 Å². The SMILES string of the molecule is CC1(C)C(=O)NCC(=O)N1CC1CCCc2ccccc21. The Morgan fingerprint density at radius 3 is 2.86 bits per heavy atom. The normalized spacial score (nSPS) is 24.5. The average Bonchev–Trinajstić information content (AvgIpc) is 2.48. The molecule has 1 aromatic rings. The summed E-state index contributed by atoms with van der Waals surface area (Å²) in [7, 11) is 0. The molecule has 1 aromatic carbocycles. The molecule has 0 saturated carbocycles. The van der Waals surface area contributed by atoms with E-state index in [2.05, 4.69) is 29.6 Å². The molecule has 112 valence electrons. The maximum atomic E-state index is 12.3. The van der Waals surface area contributed by atoms with E-state index in [0.717, 1.165) is 19.3 Å². The number of carbonyl (C=O) groups is 2. The zero-order chi connectivity index (χ0) is 15.0. The van der Waals surface area contributed by atoms with Crippen molar-refractivity contribution in [3.05, 3.63) is 35.4 Å². The smallest absolute Gasteiger partial charge is 0.245 e. The molecule has 1 aliphatic heterocycles. The molecule has 0 spiro atoms. The van der Waals surface area contributed by atoms with Gasteiger partial charge in [-0.05, 0) is 44.2 Å². The molecule has 21 heavy (non-hydrogen) atoms. The van der Waals surface area contributed by atoms with E-state index in [1.807, 2.05) is 13.8 Å². The number of amides is 2. The Labute approximate surface area is 125 Å². The lowest BCUT2D eigenvalue weighted by Crippen LogP contribution is -2.65. The molecule has 0 radical (unpaired) electrons. The van der Waals surface area contributed by atoms with Gasteiger partial charge in [-0.2, -0.15) is 0 Å². The van der Waals surface area contributed by atoms with Crippen LogP contribution in [0.4, 0.5) is 0 Å². The second kappa shape index (κ2) is 5.17. The van der Waals surface area contributed by atoms with Crippen LogP contribution >= 0.6 is 0 Å². The highest BCUT2D eigenvalue weighted by Gasteiger charge is 2.42. The number of piperazine rings is 1. The number of carbonyl (C=O) groups excluding carboxylic acids is 2. The van der Waals surface area contributed by atoms with E-state index in [1.165, 1.54) is 11.1 Å². The molecule has 1 N–H and O–H groups in total. The minimum Gasteiger partial charge on any atom is -0.345 e.